The van der Waals surface area contributed by atoms with Gasteiger partial charge < -0.3 is 46.2 Å². The summed E-state index contributed by atoms with van der Waals surface area (Å²) < 4.78 is 125. The van der Waals surface area contributed by atoms with E-state index in [9.17, 15) is 52.8 Å². The number of aromatic nitrogens is 4. The number of carbonyl (C=O) groups is 4. The van der Waals surface area contributed by atoms with Gasteiger partial charge in [0.05, 0.1) is 109 Å². The summed E-state index contributed by atoms with van der Waals surface area (Å²) in [7, 11) is -7.60. The van der Waals surface area contributed by atoms with Crippen LogP contribution < -0.4 is 73.2 Å². The number of nitrogens with two attached hydrogens (primary N) is 2. The van der Waals surface area contributed by atoms with Crippen LogP contribution in [0.25, 0.3) is 0 Å². The Morgan fingerprint density at radius 2 is 0.606 bits per heavy atom. The Morgan fingerprint density at radius 1 is 0.386 bits per heavy atom. The third-order valence-electron chi connectivity index (χ3n) is 16.6. The van der Waals surface area contributed by atoms with Gasteiger partial charge in [-0.25, -0.2) is 58.4 Å². The molecule has 4 heterocycles. The summed E-state index contributed by atoms with van der Waals surface area (Å²) in [5, 5.41) is 14.1. The number of unbranched alkanes of at least 4 members (excludes halogenated alkanes) is 4. The van der Waals surface area contributed by atoms with Gasteiger partial charge in [-0.2, -0.15) is 0 Å². The summed E-state index contributed by atoms with van der Waals surface area (Å²) in [6.07, 6.45) is 15.3. The van der Waals surface area contributed by atoms with Gasteiger partial charge in [0.25, 0.3) is 17.1 Å². The van der Waals surface area contributed by atoms with Crippen LogP contribution in [0.2, 0.25) is 0 Å². The van der Waals surface area contributed by atoms with E-state index in [0.29, 0.717) is 75.3 Å². The number of aromatic carboxylic acids is 1. The number of carboxylic acids is 1. The summed E-state index contributed by atoms with van der Waals surface area (Å²) >= 11 is 19.1. The molecule has 0 bridgehead atoms. The first kappa shape index (κ1) is 137. The molecule has 4 atom stereocenters. The Morgan fingerprint density at radius 3 is 0.811 bits per heavy atom. The van der Waals surface area contributed by atoms with Crippen molar-refractivity contribution in [1.82, 2.24) is 30.6 Å². The minimum absolute atomic E-state index is 0. The van der Waals surface area contributed by atoms with Crippen LogP contribution >= 0.6 is 171 Å². The Labute approximate surface area is 872 Å². The molecule has 722 valence electrons. The van der Waals surface area contributed by atoms with Crippen LogP contribution in [-0.2, 0) is 40.1 Å². The summed E-state index contributed by atoms with van der Waals surface area (Å²) in [6, 6.07) is 39.7. The second kappa shape index (κ2) is 78.8. The second-order valence-corrected chi connectivity index (χ2v) is 49.3. The average Bonchev–Trinajstić information content (AvgIpc) is 0.838. The van der Waals surface area contributed by atoms with E-state index in [0.717, 1.165) is 60.8 Å². The zero-order valence-electron chi connectivity index (χ0n) is 70.2. The fraction of sp³-hybridized carbons (Fsp3) is 0.429. The molecule has 1 unspecified atom stereocenters. The number of anilines is 4. The van der Waals surface area contributed by atoms with Gasteiger partial charge in [-0.15, -0.1) is 48.0 Å². The number of hydrogen-bond acceptors (Lipinski definition) is 22. The molecule has 0 saturated carbocycles. The number of hydrogen-bond donors (Lipinski definition) is 9. The van der Waals surface area contributed by atoms with E-state index in [2.05, 4.69) is 175 Å². The van der Waals surface area contributed by atoms with E-state index in [4.69, 9.17) is 47.1 Å². The van der Waals surface area contributed by atoms with Gasteiger partial charge in [0.15, 0.2) is 0 Å². The van der Waals surface area contributed by atoms with Gasteiger partial charge in [0.2, 0.25) is 63.6 Å². The van der Waals surface area contributed by atoms with Crippen LogP contribution in [0.3, 0.4) is 0 Å². The van der Waals surface area contributed by atoms with E-state index in [1.165, 1.54) is 24.3 Å². The number of nitrogens with zero attached hydrogens (tertiary/aromatic N) is 4. The van der Waals surface area contributed by atoms with Crippen molar-refractivity contribution in [3.63, 3.8) is 0 Å². The topological polar surface area (TPSA) is 438 Å². The Hall–Kier alpha value is -3.46. The maximum absolute atomic E-state index is 12.8. The van der Waals surface area contributed by atoms with E-state index >= 15 is 0 Å². The second-order valence-electron chi connectivity index (χ2n) is 25.3. The van der Waals surface area contributed by atoms with Gasteiger partial charge in [-0.3, -0.25) is 33.3 Å². The fourth-order valence-corrected chi connectivity index (χ4v) is 15.2. The van der Waals surface area contributed by atoms with Gasteiger partial charge in [-0.05, 0) is 134 Å². The summed E-state index contributed by atoms with van der Waals surface area (Å²) in [4.78, 5) is 64.1. The molecular formula is C84H129ClI9N12O17S4-. The van der Waals surface area contributed by atoms with E-state index < -0.39 is 51.3 Å². The molecule has 4 aromatic carbocycles. The summed E-state index contributed by atoms with van der Waals surface area (Å²) in [5.41, 5.74) is 17.0. The molecule has 8 rings (SSSR count). The van der Waals surface area contributed by atoms with E-state index in [1.807, 2.05) is 77.9 Å². The Balaban J connectivity index is -0.000000273. The molecule has 11 N–H and O–H groups in total. The number of nitrogens with one attached hydrogen (secondary N) is 6. The Bertz CT molecular complexity index is 4470. The van der Waals surface area contributed by atoms with E-state index in [-0.39, 0.29) is 182 Å². The van der Waals surface area contributed by atoms with Crippen LogP contribution in [0.15, 0.2) is 170 Å². The van der Waals surface area contributed by atoms with Crippen molar-refractivity contribution >= 4 is 257 Å². The number of benzene rings is 4. The van der Waals surface area contributed by atoms with Crippen molar-refractivity contribution in [2.24, 2.45) is 11.5 Å². The van der Waals surface area contributed by atoms with Gasteiger partial charge in [0.1, 0.15) is 0 Å². The van der Waals surface area contributed by atoms with E-state index in [1.54, 1.807) is 138 Å². The molecule has 127 heavy (non-hydrogen) atoms. The number of pyridine rings is 4. The number of ether oxygens (including phenoxy) is 4. The van der Waals surface area contributed by atoms with Crippen LogP contribution in [0.5, 0.6) is 23.5 Å². The molecule has 0 spiro atoms. The maximum atomic E-state index is 12.8. The number of para-hydroxylation sites is 4. The van der Waals surface area contributed by atoms with Crippen molar-refractivity contribution in [2.75, 3.05) is 70.3 Å². The summed E-state index contributed by atoms with van der Waals surface area (Å²) in [6.45, 7) is 15.7. The fourth-order valence-electron chi connectivity index (χ4n) is 9.94. The quantitative estimate of drug-likeness (QED) is 0.0128. The molecule has 0 radical (unpaired) electrons. The van der Waals surface area contributed by atoms with Gasteiger partial charge >= 0.3 is 56.5 Å². The molecule has 8 aromatic rings. The van der Waals surface area contributed by atoms with Crippen molar-refractivity contribution in [2.45, 2.75) is 186 Å². The molecule has 0 fully saturated rings. The van der Waals surface area contributed by atoms with Crippen molar-refractivity contribution in [3.05, 3.63) is 215 Å². The first-order valence-electron chi connectivity index (χ1n) is 37.8. The normalized spacial score (nSPS) is 11.0. The number of carbonyl (C=O) groups excluding carboxylic acids is 3. The van der Waals surface area contributed by atoms with Crippen molar-refractivity contribution in [1.29, 1.82) is 0 Å². The van der Waals surface area contributed by atoms with Gasteiger partial charge in [-0.1, -0.05) is 184 Å². The third kappa shape index (κ3) is 57.1. The van der Waals surface area contributed by atoms with Crippen LogP contribution in [-0.4, -0.2) is 133 Å². The molecular weight excluding hydrogens is 2750 g/mol. The Kier molecular flexibility index (Phi) is 84.8. The molecule has 43 heteroatoms. The molecule has 0 aliphatic rings. The first-order valence-corrected chi connectivity index (χ1v) is 69.9. The number of rotatable bonds is 38. The third-order valence-corrected chi connectivity index (χ3v) is 22.2. The van der Waals surface area contributed by atoms with Crippen LogP contribution in [0.4, 0.5) is 22.7 Å². The number of halogens is 10. The zero-order chi connectivity index (χ0) is 91.6. The first-order chi connectivity index (χ1) is 57.7. The minimum atomic E-state index is -3.50. The zero-order valence-corrected chi connectivity index (χ0v) is 94.0. The SMILES string of the molecule is C.C.C.C.CCC(N)c1ccc(OC)nc1.CCCCS(=O)(=O)Nc1ccccc1C(=O)Cl.CCCCS(=O)(=O)Nc1ccccc1C(=O)N[C@H](CC)c1ccc(OC)nc1.CCCCS(=O)(=O)Nc1ccccc1C(=O)N[C@H](CC)c1ccc(OC)nc1.CCCCS(=O)(=O)Nc1ccccc1C(=O)O.CC[C@@H](N)c1ccc(OC)nc1.I.I.II.II.I[I-]I. The molecule has 29 nitrogen and oxygen atoms in total. The number of amides is 2. The number of sulfonamides is 4. The molecule has 2 amide bonds. The van der Waals surface area contributed by atoms with Gasteiger partial charge in [0, 0.05) is 136 Å². The predicted molar refractivity (Wildman–Crippen MR) is 593 cm³/mol. The van der Waals surface area contributed by atoms with Crippen molar-refractivity contribution < 1.29 is 90.2 Å². The average molecular weight is 2880 g/mol. The molecule has 0 aliphatic carbocycles. The monoisotopic (exact) mass is 2880 g/mol. The standard InChI is InChI=1S/2C20H27N3O4S.C11H14ClNO3S.C11H15NO4S.2C9H14N2O.4CH4.I3.2I2.2HI/c2*1-4-6-13-28(25,26)23-18-10-8-7-9-16(18)20(24)22-17(5-2)15-11-12-19(27-3)21-14-15;1-2-3-8-17(15,16)13-10-7-5-4-6-9(10)11(12)14;1-2-3-8-17(15,16)12-10-7-5-4-6-9(10)11(13)14;2*1-3-8(10)7-4-5-9(12-2)11-6-7;;;;;1-3-2;2*1-2;;/h2*7-12,14,17,23H,4-6,13H2,1-3H3,(H,22,24);4-7,13H,2-3,8H2,1H3;4-7,12H,2-3,8H2,1H3,(H,13,14);2*4-6,8H,3,10H2,1-2H3;4*1H4;;;;2*1H/q;;;;;;;;;;-1;;;;/t2*17-;;;8-;;;;;;;;;;/m11..1........../s1. The number of carboxylic acid groups (broad SMARTS) is 1. The van der Waals surface area contributed by atoms with Crippen molar-refractivity contribution in [3.8, 4) is 23.5 Å². The van der Waals surface area contributed by atoms with Crippen LogP contribution in [0, 0.1) is 0 Å². The summed E-state index contributed by atoms with van der Waals surface area (Å²) in [5.74, 6) is 0.471. The molecule has 0 aliphatic heterocycles. The number of methoxy groups -OCH3 is 4. The van der Waals surface area contributed by atoms with Crippen LogP contribution in [0.1, 0.15) is 250 Å². The predicted octanol–water partition coefficient (Wildman–Crippen LogP) is 20.7. The molecule has 0 saturated heterocycles. The molecule has 4 aromatic heterocycles.